The van der Waals surface area contributed by atoms with E-state index in [1.54, 1.807) is 29.2 Å². The van der Waals surface area contributed by atoms with Crippen LogP contribution in [0.15, 0.2) is 88.1 Å². The molecule has 0 spiro atoms. The molecule has 4 rings (SSSR count). The fourth-order valence-corrected chi connectivity index (χ4v) is 3.08. The lowest BCUT2D eigenvalue weighted by atomic mass is 10.1. The van der Waals surface area contributed by atoms with E-state index >= 15 is 0 Å². The Bertz CT molecular complexity index is 1080. The number of hydrogen-bond donors (Lipinski definition) is 1. The maximum absolute atomic E-state index is 13.1. The predicted octanol–water partition coefficient (Wildman–Crippen LogP) is 4.10. The molecule has 0 bridgehead atoms. The fourth-order valence-electron chi connectivity index (χ4n) is 3.08. The van der Waals surface area contributed by atoms with Crippen LogP contribution in [0.1, 0.15) is 21.1 Å². The highest BCUT2D eigenvalue weighted by atomic mass is 16.3. The predicted molar refractivity (Wildman–Crippen MR) is 105 cm³/mol. The number of furan rings is 2. The molecule has 0 atom stereocenters. The molecule has 2 heterocycles. The van der Waals surface area contributed by atoms with Gasteiger partial charge in [-0.3, -0.25) is 9.59 Å². The summed E-state index contributed by atoms with van der Waals surface area (Å²) in [5, 5.41) is 4.75. The molecule has 0 fully saturated rings. The van der Waals surface area contributed by atoms with Crippen LogP contribution < -0.4 is 10.2 Å². The number of benzene rings is 2. The third-order valence-corrected chi connectivity index (χ3v) is 4.40. The lowest BCUT2D eigenvalue weighted by molar-refractivity contribution is 0.0916. The average Bonchev–Trinajstić information content (AvgIpc) is 3.45. The van der Waals surface area contributed by atoms with Crippen molar-refractivity contribution in [2.75, 3.05) is 18.0 Å². The van der Waals surface area contributed by atoms with Crippen molar-refractivity contribution in [1.29, 1.82) is 0 Å². The zero-order valence-electron chi connectivity index (χ0n) is 15.0. The van der Waals surface area contributed by atoms with Crippen molar-refractivity contribution in [3.8, 4) is 0 Å². The number of carbonyl (C=O) groups excluding carboxylic acids is 2. The molecule has 0 aliphatic rings. The monoisotopic (exact) mass is 374 g/mol. The molecular formula is C22H18N2O4. The van der Waals surface area contributed by atoms with E-state index < -0.39 is 0 Å². The molecule has 0 saturated heterocycles. The molecule has 0 saturated carbocycles. The summed E-state index contributed by atoms with van der Waals surface area (Å²) in [5.74, 6) is -0.124. The number of hydrogen-bond acceptors (Lipinski definition) is 4. The molecule has 2 aromatic carbocycles. The van der Waals surface area contributed by atoms with Crippen LogP contribution in [0, 0.1) is 0 Å². The van der Waals surface area contributed by atoms with Crippen LogP contribution in [0.5, 0.6) is 0 Å². The lowest BCUT2D eigenvalue weighted by Crippen LogP contribution is -2.38. The second-order valence-electron chi connectivity index (χ2n) is 6.17. The zero-order chi connectivity index (χ0) is 19.3. The number of carbonyl (C=O) groups is 2. The summed E-state index contributed by atoms with van der Waals surface area (Å²) in [6.45, 7) is 0.537. The van der Waals surface area contributed by atoms with Crippen molar-refractivity contribution < 1.29 is 18.4 Å². The van der Waals surface area contributed by atoms with Gasteiger partial charge in [0.15, 0.2) is 11.5 Å². The molecular weight excluding hydrogens is 356 g/mol. The summed E-state index contributed by atoms with van der Waals surface area (Å²) in [6.07, 6.45) is 2.91. The van der Waals surface area contributed by atoms with Crippen LogP contribution in [-0.4, -0.2) is 24.9 Å². The van der Waals surface area contributed by atoms with Crippen LogP contribution in [0.25, 0.3) is 10.8 Å². The van der Waals surface area contributed by atoms with E-state index in [1.807, 2.05) is 42.5 Å². The van der Waals surface area contributed by atoms with Gasteiger partial charge in [0, 0.05) is 18.5 Å². The minimum atomic E-state index is -0.326. The van der Waals surface area contributed by atoms with Crippen LogP contribution in [-0.2, 0) is 0 Å². The highest BCUT2D eigenvalue weighted by Crippen LogP contribution is 2.27. The van der Waals surface area contributed by atoms with Crippen LogP contribution in [0.4, 0.5) is 5.69 Å². The van der Waals surface area contributed by atoms with Gasteiger partial charge in [-0.2, -0.15) is 0 Å². The first kappa shape index (κ1) is 17.6. The third kappa shape index (κ3) is 3.53. The summed E-state index contributed by atoms with van der Waals surface area (Å²) in [4.78, 5) is 26.8. The lowest BCUT2D eigenvalue weighted by Gasteiger charge is -2.23. The first-order valence-corrected chi connectivity index (χ1v) is 8.89. The van der Waals surface area contributed by atoms with E-state index in [2.05, 4.69) is 5.32 Å². The molecule has 2 aromatic heterocycles. The van der Waals surface area contributed by atoms with Gasteiger partial charge < -0.3 is 19.1 Å². The quantitative estimate of drug-likeness (QED) is 0.551. The van der Waals surface area contributed by atoms with Crippen LogP contribution in [0.3, 0.4) is 0 Å². The normalized spacial score (nSPS) is 10.7. The Balaban J connectivity index is 1.60. The van der Waals surface area contributed by atoms with Gasteiger partial charge in [0.05, 0.1) is 18.2 Å². The summed E-state index contributed by atoms with van der Waals surface area (Å²) in [5.41, 5.74) is 0.756. The van der Waals surface area contributed by atoms with Crippen LogP contribution in [0.2, 0.25) is 0 Å². The Labute approximate surface area is 161 Å². The molecule has 28 heavy (non-hydrogen) atoms. The Morgan fingerprint density at radius 3 is 2.29 bits per heavy atom. The smallest absolute Gasteiger partial charge is 0.294 e. The first-order chi connectivity index (χ1) is 13.7. The largest absolute Gasteiger partial charge is 0.459 e. The highest BCUT2D eigenvalue weighted by molar-refractivity contribution is 6.09. The number of amides is 2. The van der Waals surface area contributed by atoms with Crippen molar-refractivity contribution in [3.63, 3.8) is 0 Å². The summed E-state index contributed by atoms with van der Waals surface area (Å²) in [6, 6.07) is 20.2. The van der Waals surface area contributed by atoms with Crippen molar-refractivity contribution in [2.24, 2.45) is 0 Å². The molecule has 2 amide bonds. The maximum Gasteiger partial charge on any atom is 0.294 e. The standard InChI is InChI=1S/C22H18N2O4/c25-21(19-10-4-14-27-19)23-12-13-24(22(26)20-11-5-15-28-20)18-9-3-7-16-6-1-2-8-17(16)18/h1-11,14-15H,12-13H2,(H,23,25). The van der Waals surface area contributed by atoms with Gasteiger partial charge in [-0.25, -0.2) is 0 Å². The first-order valence-electron chi connectivity index (χ1n) is 8.89. The zero-order valence-corrected chi connectivity index (χ0v) is 15.0. The molecule has 6 heteroatoms. The highest BCUT2D eigenvalue weighted by Gasteiger charge is 2.22. The van der Waals surface area contributed by atoms with Gasteiger partial charge >= 0.3 is 0 Å². The second kappa shape index (κ2) is 7.84. The molecule has 0 unspecified atom stereocenters. The Hall–Kier alpha value is -3.80. The SMILES string of the molecule is O=C(NCCN(C(=O)c1ccco1)c1cccc2ccccc12)c1ccco1. The number of anilines is 1. The minimum absolute atomic E-state index is 0.231. The molecule has 0 aliphatic heterocycles. The summed E-state index contributed by atoms with van der Waals surface area (Å²) in [7, 11) is 0. The van der Waals surface area contributed by atoms with Crippen LogP contribution >= 0.6 is 0 Å². The Morgan fingerprint density at radius 2 is 1.54 bits per heavy atom. The fraction of sp³-hybridized carbons (Fsp3) is 0.0909. The van der Waals surface area contributed by atoms with Gasteiger partial charge in [0.25, 0.3) is 11.8 Å². The van der Waals surface area contributed by atoms with Crippen molar-refractivity contribution >= 4 is 28.3 Å². The summed E-state index contributed by atoms with van der Waals surface area (Å²) >= 11 is 0. The van der Waals surface area contributed by atoms with E-state index in [9.17, 15) is 9.59 Å². The van der Waals surface area contributed by atoms with Gasteiger partial charge in [-0.05, 0) is 35.7 Å². The van der Waals surface area contributed by atoms with E-state index in [0.29, 0.717) is 0 Å². The van der Waals surface area contributed by atoms with E-state index in [1.165, 1.54) is 12.5 Å². The number of nitrogens with one attached hydrogen (secondary N) is 1. The van der Waals surface area contributed by atoms with E-state index in [-0.39, 0.29) is 36.4 Å². The molecule has 6 nitrogen and oxygen atoms in total. The minimum Gasteiger partial charge on any atom is -0.459 e. The number of rotatable bonds is 6. The third-order valence-electron chi connectivity index (χ3n) is 4.40. The average molecular weight is 374 g/mol. The number of nitrogens with zero attached hydrogens (tertiary/aromatic N) is 1. The van der Waals surface area contributed by atoms with E-state index in [4.69, 9.17) is 8.83 Å². The Morgan fingerprint density at radius 1 is 0.821 bits per heavy atom. The Kier molecular flexibility index (Phi) is 4.93. The number of fused-ring (bicyclic) bond motifs is 1. The molecule has 140 valence electrons. The van der Waals surface area contributed by atoms with Crippen molar-refractivity contribution in [1.82, 2.24) is 5.32 Å². The molecule has 4 aromatic rings. The molecule has 0 radical (unpaired) electrons. The van der Waals surface area contributed by atoms with Crippen molar-refractivity contribution in [2.45, 2.75) is 0 Å². The van der Waals surface area contributed by atoms with Gasteiger partial charge in [0.1, 0.15) is 0 Å². The van der Waals surface area contributed by atoms with Gasteiger partial charge in [-0.1, -0.05) is 36.4 Å². The summed E-state index contributed by atoms with van der Waals surface area (Å²) < 4.78 is 10.4. The maximum atomic E-state index is 13.1. The molecule has 1 N–H and O–H groups in total. The topological polar surface area (TPSA) is 75.7 Å². The second-order valence-corrected chi connectivity index (χ2v) is 6.17. The van der Waals surface area contributed by atoms with Gasteiger partial charge in [0.2, 0.25) is 0 Å². The van der Waals surface area contributed by atoms with Gasteiger partial charge in [-0.15, -0.1) is 0 Å². The van der Waals surface area contributed by atoms with Crippen molar-refractivity contribution in [3.05, 3.63) is 90.8 Å². The molecule has 0 aliphatic carbocycles. The van der Waals surface area contributed by atoms with E-state index in [0.717, 1.165) is 16.5 Å².